The highest BCUT2D eigenvalue weighted by molar-refractivity contribution is 6.03. The number of carbonyl (C=O) groups excluding carboxylic acids is 2. The Morgan fingerprint density at radius 3 is 2.63 bits per heavy atom. The first kappa shape index (κ1) is 20.1. The predicted octanol–water partition coefficient (Wildman–Crippen LogP) is 2.47. The van der Waals surface area contributed by atoms with Crippen LogP contribution in [0.25, 0.3) is 5.65 Å². The standard InChI is InChI=1S/C22H25N5O3/c1-15-4-3-7-27-13-19(25-21(15)27)22(29)23-17-5-6-18(16(2)12-17)24-20(28)14-26-8-10-30-11-9-26/h3-7,12-13H,8-11,14H2,1-2H3,(H,23,29)(H,24,28). The lowest BCUT2D eigenvalue weighted by Crippen LogP contribution is -2.41. The van der Waals surface area contributed by atoms with Crippen molar-refractivity contribution in [3.05, 3.63) is 59.5 Å². The second-order valence-corrected chi connectivity index (χ2v) is 7.47. The Morgan fingerprint density at radius 2 is 1.90 bits per heavy atom. The lowest BCUT2D eigenvalue weighted by atomic mass is 10.1. The Morgan fingerprint density at radius 1 is 1.10 bits per heavy atom. The number of rotatable bonds is 5. The van der Waals surface area contributed by atoms with Crippen molar-refractivity contribution in [2.24, 2.45) is 0 Å². The number of aryl methyl sites for hydroxylation is 2. The van der Waals surface area contributed by atoms with Crippen LogP contribution in [0.5, 0.6) is 0 Å². The van der Waals surface area contributed by atoms with E-state index in [9.17, 15) is 9.59 Å². The molecule has 2 amide bonds. The van der Waals surface area contributed by atoms with E-state index in [1.54, 1.807) is 18.3 Å². The SMILES string of the molecule is Cc1cc(NC(=O)c2cn3cccc(C)c3n2)ccc1NC(=O)CN1CCOCC1. The molecule has 1 aliphatic rings. The van der Waals surface area contributed by atoms with E-state index in [0.717, 1.165) is 35.6 Å². The fourth-order valence-electron chi connectivity index (χ4n) is 3.49. The number of nitrogens with zero attached hydrogens (tertiary/aromatic N) is 3. The van der Waals surface area contributed by atoms with Crippen molar-refractivity contribution >= 4 is 28.8 Å². The summed E-state index contributed by atoms with van der Waals surface area (Å²) in [6.07, 6.45) is 3.58. The number of benzene rings is 1. The van der Waals surface area contributed by atoms with E-state index < -0.39 is 0 Å². The van der Waals surface area contributed by atoms with Crippen molar-refractivity contribution < 1.29 is 14.3 Å². The van der Waals surface area contributed by atoms with Gasteiger partial charge in [0.1, 0.15) is 11.3 Å². The molecule has 3 heterocycles. The lowest BCUT2D eigenvalue weighted by Gasteiger charge is -2.25. The molecule has 1 aliphatic heterocycles. The number of nitrogens with one attached hydrogen (secondary N) is 2. The highest BCUT2D eigenvalue weighted by atomic mass is 16.5. The third-order valence-electron chi connectivity index (χ3n) is 5.14. The van der Waals surface area contributed by atoms with Gasteiger partial charge < -0.3 is 19.8 Å². The molecular weight excluding hydrogens is 382 g/mol. The molecule has 0 radical (unpaired) electrons. The number of pyridine rings is 1. The third kappa shape index (κ3) is 4.50. The van der Waals surface area contributed by atoms with Gasteiger partial charge in [0, 0.05) is 36.9 Å². The van der Waals surface area contributed by atoms with E-state index in [1.807, 2.05) is 42.6 Å². The number of ether oxygens (including phenoxy) is 1. The molecule has 0 spiro atoms. The summed E-state index contributed by atoms with van der Waals surface area (Å²) in [5.41, 5.74) is 4.37. The maximum Gasteiger partial charge on any atom is 0.275 e. The number of fused-ring (bicyclic) bond motifs is 1. The molecule has 8 heteroatoms. The van der Waals surface area contributed by atoms with Crippen LogP contribution < -0.4 is 10.6 Å². The summed E-state index contributed by atoms with van der Waals surface area (Å²) in [6.45, 7) is 7.04. The van der Waals surface area contributed by atoms with Crippen LogP contribution in [0, 0.1) is 13.8 Å². The van der Waals surface area contributed by atoms with Crippen LogP contribution in [0.2, 0.25) is 0 Å². The van der Waals surface area contributed by atoms with Gasteiger partial charge in [-0.3, -0.25) is 14.5 Å². The summed E-state index contributed by atoms with van der Waals surface area (Å²) in [7, 11) is 0. The average Bonchev–Trinajstić information content (AvgIpc) is 3.17. The number of imidazole rings is 1. The molecule has 0 bridgehead atoms. The number of aromatic nitrogens is 2. The number of morpholine rings is 1. The van der Waals surface area contributed by atoms with Crippen molar-refractivity contribution in [3.8, 4) is 0 Å². The van der Waals surface area contributed by atoms with Crippen LogP contribution in [-0.2, 0) is 9.53 Å². The van der Waals surface area contributed by atoms with Crippen LogP contribution in [0.15, 0.2) is 42.7 Å². The van der Waals surface area contributed by atoms with Crippen molar-refractivity contribution in [3.63, 3.8) is 0 Å². The van der Waals surface area contributed by atoms with Crippen LogP contribution in [0.4, 0.5) is 11.4 Å². The number of amides is 2. The maximum atomic E-state index is 12.6. The summed E-state index contributed by atoms with van der Waals surface area (Å²) in [6, 6.07) is 9.29. The summed E-state index contributed by atoms with van der Waals surface area (Å²) in [5.74, 6) is -0.335. The second kappa shape index (κ2) is 8.64. The zero-order chi connectivity index (χ0) is 21.1. The number of carbonyl (C=O) groups is 2. The molecule has 8 nitrogen and oxygen atoms in total. The Labute approximate surface area is 174 Å². The third-order valence-corrected chi connectivity index (χ3v) is 5.14. The predicted molar refractivity (Wildman–Crippen MR) is 115 cm³/mol. The highest BCUT2D eigenvalue weighted by Crippen LogP contribution is 2.21. The van der Waals surface area contributed by atoms with Crippen LogP contribution in [0.3, 0.4) is 0 Å². The van der Waals surface area contributed by atoms with E-state index in [1.165, 1.54) is 0 Å². The van der Waals surface area contributed by atoms with Gasteiger partial charge in [-0.15, -0.1) is 0 Å². The van der Waals surface area contributed by atoms with Gasteiger partial charge in [0.2, 0.25) is 5.91 Å². The first-order chi connectivity index (χ1) is 14.5. The fraction of sp³-hybridized carbons (Fsp3) is 0.318. The number of hydrogen-bond donors (Lipinski definition) is 2. The van der Waals surface area contributed by atoms with E-state index >= 15 is 0 Å². The molecule has 4 rings (SSSR count). The minimum atomic E-state index is -0.276. The second-order valence-electron chi connectivity index (χ2n) is 7.47. The highest BCUT2D eigenvalue weighted by Gasteiger charge is 2.16. The number of hydrogen-bond acceptors (Lipinski definition) is 5. The van der Waals surface area contributed by atoms with Crippen LogP contribution in [-0.4, -0.2) is 58.9 Å². The molecule has 1 aromatic carbocycles. The molecular formula is C22H25N5O3. The topological polar surface area (TPSA) is 88.0 Å². The molecule has 0 unspecified atom stereocenters. The van der Waals surface area contributed by atoms with E-state index in [-0.39, 0.29) is 11.8 Å². The molecule has 0 atom stereocenters. The minimum Gasteiger partial charge on any atom is -0.379 e. The average molecular weight is 407 g/mol. The Balaban J connectivity index is 1.40. The largest absolute Gasteiger partial charge is 0.379 e. The fourth-order valence-corrected chi connectivity index (χ4v) is 3.49. The van der Waals surface area contributed by atoms with E-state index in [4.69, 9.17) is 4.74 Å². The quantitative estimate of drug-likeness (QED) is 0.678. The molecule has 30 heavy (non-hydrogen) atoms. The summed E-state index contributed by atoms with van der Waals surface area (Å²) in [5, 5.41) is 5.82. The molecule has 1 fully saturated rings. The van der Waals surface area contributed by atoms with Crippen molar-refractivity contribution in [1.82, 2.24) is 14.3 Å². The first-order valence-electron chi connectivity index (χ1n) is 9.96. The molecule has 2 aromatic heterocycles. The minimum absolute atomic E-state index is 0.0585. The summed E-state index contributed by atoms with van der Waals surface area (Å²) >= 11 is 0. The van der Waals surface area contributed by atoms with Gasteiger partial charge in [0.05, 0.1) is 19.8 Å². The molecule has 156 valence electrons. The monoisotopic (exact) mass is 407 g/mol. The van der Waals surface area contributed by atoms with Crippen LogP contribution in [0.1, 0.15) is 21.6 Å². The molecule has 2 N–H and O–H groups in total. The van der Waals surface area contributed by atoms with Gasteiger partial charge in [-0.05, 0) is 49.2 Å². The summed E-state index contributed by atoms with van der Waals surface area (Å²) in [4.78, 5) is 31.4. The Kier molecular flexibility index (Phi) is 5.78. The molecule has 0 aliphatic carbocycles. The van der Waals surface area contributed by atoms with Gasteiger partial charge in [0.25, 0.3) is 5.91 Å². The zero-order valence-corrected chi connectivity index (χ0v) is 17.1. The van der Waals surface area contributed by atoms with Crippen molar-refractivity contribution in [2.45, 2.75) is 13.8 Å². The molecule has 1 saturated heterocycles. The smallest absolute Gasteiger partial charge is 0.275 e. The van der Waals surface area contributed by atoms with Gasteiger partial charge in [-0.25, -0.2) is 4.98 Å². The molecule has 3 aromatic rings. The van der Waals surface area contributed by atoms with Crippen molar-refractivity contribution in [2.75, 3.05) is 43.5 Å². The van der Waals surface area contributed by atoms with Crippen LogP contribution >= 0.6 is 0 Å². The molecule has 0 saturated carbocycles. The van der Waals surface area contributed by atoms with Gasteiger partial charge in [-0.1, -0.05) is 6.07 Å². The first-order valence-corrected chi connectivity index (χ1v) is 9.96. The lowest BCUT2D eigenvalue weighted by molar-refractivity contribution is -0.118. The Bertz CT molecular complexity index is 1090. The van der Waals surface area contributed by atoms with Gasteiger partial charge in [-0.2, -0.15) is 0 Å². The Hall–Kier alpha value is -3.23. The van der Waals surface area contributed by atoms with E-state index in [0.29, 0.717) is 31.1 Å². The normalized spacial score (nSPS) is 14.6. The summed E-state index contributed by atoms with van der Waals surface area (Å²) < 4.78 is 7.14. The van der Waals surface area contributed by atoms with E-state index in [2.05, 4.69) is 20.5 Å². The van der Waals surface area contributed by atoms with Crippen molar-refractivity contribution in [1.29, 1.82) is 0 Å². The van der Waals surface area contributed by atoms with Gasteiger partial charge >= 0.3 is 0 Å². The zero-order valence-electron chi connectivity index (χ0n) is 17.1. The van der Waals surface area contributed by atoms with Gasteiger partial charge in [0.15, 0.2) is 0 Å². The number of anilines is 2. The maximum absolute atomic E-state index is 12.6.